The summed E-state index contributed by atoms with van der Waals surface area (Å²) in [6.07, 6.45) is -3.02. The summed E-state index contributed by atoms with van der Waals surface area (Å²) in [6, 6.07) is 15.8. The van der Waals surface area contributed by atoms with Crippen LogP contribution in [0.25, 0.3) is 11.6 Å². The minimum atomic E-state index is -4.61. The first-order valence-electron chi connectivity index (χ1n) is 10.1. The number of anilines is 1. The Morgan fingerprint density at radius 3 is 2.27 bits per heavy atom. The molecule has 0 fully saturated rings. The van der Waals surface area contributed by atoms with E-state index in [1.807, 2.05) is 0 Å². The van der Waals surface area contributed by atoms with Gasteiger partial charge in [0, 0.05) is 11.1 Å². The van der Waals surface area contributed by atoms with Gasteiger partial charge in [-0.25, -0.2) is 4.90 Å². The van der Waals surface area contributed by atoms with E-state index in [0.29, 0.717) is 35.8 Å². The highest BCUT2D eigenvalue weighted by molar-refractivity contribution is 6.43. The van der Waals surface area contributed by atoms with Crippen LogP contribution in [0.5, 0.6) is 11.5 Å². The van der Waals surface area contributed by atoms with E-state index in [1.165, 1.54) is 12.1 Å². The first-order valence-corrected chi connectivity index (χ1v) is 10.1. The van der Waals surface area contributed by atoms with Gasteiger partial charge in [0.25, 0.3) is 11.8 Å². The molecular formula is C25H16F3NO4. The molecule has 0 saturated heterocycles. The molecule has 0 bridgehead atoms. The summed E-state index contributed by atoms with van der Waals surface area (Å²) in [5, 5.41) is 0. The van der Waals surface area contributed by atoms with Crippen LogP contribution >= 0.6 is 0 Å². The average molecular weight is 451 g/mol. The highest BCUT2D eigenvalue weighted by Crippen LogP contribution is 2.37. The third-order valence-corrected chi connectivity index (χ3v) is 5.39. The number of alkyl halides is 3. The smallest absolute Gasteiger partial charge is 0.416 e. The quantitative estimate of drug-likeness (QED) is 0.397. The summed E-state index contributed by atoms with van der Waals surface area (Å²) in [4.78, 5) is 27.4. The zero-order chi connectivity index (χ0) is 23.2. The van der Waals surface area contributed by atoms with E-state index in [0.717, 1.165) is 17.0 Å². The molecule has 3 aromatic rings. The van der Waals surface area contributed by atoms with E-state index in [-0.39, 0.29) is 16.8 Å². The van der Waals surface area contributed by atoms with Gasteiger partial charge in [-0.15, -0.1) is 0 Å². The van der Waals surface area contributed by atoms with Crippen molar-refractivity contribution in [3.8, 4) is 11.5 Å². The van der Waals surface area contributed by atoms with Crippen LogP contribution in [0.15, 0.2) is 66.7 Å². The van der Waals surface area contributed by atoms with E-state index in [9.17, 15) is 22.8 Å². The average Bonchev–Trinajstić information content (AvgIpc) is 2.81. The highest BCUT2D eigenvalue weighted by atomic mass is 19.4. The highest BCUT2D eigenvalue weighted by Gasteiger charge is 2.37. The molecule has 0 radical (unpaired) electrons. The second-order valence-electron chi connectivity index (χ2n) is 7.50. The molecule has 166 valence electrons. The number of hydrogen-bond donors (Lipinski definition) is 0. The molecule has 5 nitrogen and oxygen atoms in total. The van der Waals surface area contributed by atoms with Crippen LogP contribution in [0.1, 0.15) is 27.0 Å². The number of carbonyl (C=O) groups excluding carboxylic acids is 2. The van der Waals surface area contributed by atoms with Crippen molar-refractivity contribution in [2.24, 2.45) is 0 Å². The zero-order valence-corrected chi connectivity index (χ0v) is 17.1. The molecule has 2 aliphatic heterocycles. The Kier molecular flexibility index (Phi) is 4.92. The number of fused-ring (bicyclic) bond motifs is 2. The molecule has 2 aliphatic rings. The lowest BCUT2D eigenvalue weighted by Crippen LogP contribution is -2.41. The largest absolute Gasteiger partial charge is 0.486 e. The Labute approximate surface area is 186 Å². The zero-order valence-electron chi connectivity index (χ0n) is 17.1. The maximum absolute atomic E-state index is 13.5. The summed E-state index contributed by atoms with van der Waals surface area (Å²) in [5.41, 5.74) is 0.332. The number of hydrogen-bond acceptors (Lipinski definition) is 4. The van der Waals surface area contributed by atoms with Crippen molar-refractivity contribution < 1.29 is 32.2 Å². The van der Waals surface area contributed by atoms with Crippen LogP contribution in [-0.2, 0) is 11.0 Å². The van der Waals surface area contributed by atoms with Crippen molar-refractivity contribution in [3.63, 3.8) is 0 Å². The number of halogens is 3. The molecule has 2 heterocycles. The van der Waals surface area contributed by atoms with Gasteiger partial charge in [-0.05, 0) is 53.6 Å². The third kappa shape index (κ3) is 3.73. The second kappa shape index (κ2) is 7.81. The Balaban J connectivity index is 1.63. The van der Waals surface area contributed by atoms with Crippen LogP contribution in [-0.4, -0.2) is 25.0 Å². The number of carbonyl (C=O) groups is 2. The SMILES string of the molecule is O=C1/C(=C/c2ccc3c(c2)OCCO3)c2ccccc2C(=O)N1c1cccc(C(F)(F)F)c1. The molecule has 33 heavy (non-hydrogen) atoms. The lowest BCUT2D eigenvalue weighted by molar-refractivity contribution is -0.137. The first kappa shape index (κ1) is 20.8. The Bertz CT molecular complexity index is 1310. The molecule has 0 saturated carbocycles. The van der Waals surface area contributed by atoms with Gasteiger partial charge in [-0.1, -0.05) is 30.3 Å². The standard InChI is InChI=1S/C25H16F3NO4/c26-25(27,28)16-4-3-5-17(14-16)29-23(30)19-7-2-1-6-18(19)20(24(29)31)12-15-8-9-21-22(13-15)33-11-10-32-21/h1-9,12-14H,10-11H2/b20-12+. The third-order valence-electron chi connectivity index (χ3n) is 5.39. The Hall–Kier alpha value is -4.07. The van der Waals surface area contributed by atoms with E-state index >= 15 is 0 Å². The molecule has 5 rings (SSSR count). The fraction of sp³-hybridized carbons (Fsp3) is 0.120. The number of amides is 2. The fourth-order valence-electron chi connectivity index (χ4n) is 3.86. The Morgan fingerprint density at radius 2 is 1.52 bits per heavy atom. The van der Waals surface area contributed by atoms with E-state index < -0.39 is 23.6 Å². The normalized spacial score (nSPS) is 16.7. The van der Waals surface area contributed by atoms with Crippen LogP contribution in [0, 0.1) is 0 Å². The predicted octanol–water partition coefficient (Wildman–Crippen LogP) is 5.20. The van der Waals surface area contributed by atoms with E-state index in [1.54, 1.807) is 48.5 Å². The minimum absolute atomic E-state index is 0.151. The topological polar surface area (TPSA) is 55.8 Å². The summed E-state index contributed by atoms with van der Waals surface area (Å²) < 4.78 is 50.9. The van der Waals surface area contributed by atoms with Gasteiger partial charge in [0.05, 0.1) is 11.3 Å². The monoisotopic (exact) mass is 451 g/mol. The van der Waals surface area contributed by atoms with Crippen molar-refractivity contribution in [3.05, 3.63) is 89.0 Å². The molecule has 0 N–H and O–H groups in total. The first-order chi connectivity index (χ1) is 15.8. The van der Waals surface area contributed by atoms with Gasteiger partial charge in [0.1, 0.15) is 13.2 Å². The van der Waals surface area contributed by atoms with Crippen LogP contribution in [0.2, 0.25) is 0 Å². The molecule has 0 aromatic heterocycles. The van der Waals surface area contributed by atoms with Crippen molar-refractivity contribution in [2.45, 2.75) is 6.18 Å². The summed E-state index contributed by atoms with van der Waals surface area (Å²) in [7, 11) is 0. The molecule has 0 unspecified atom stereocenters. The Morgan fingerprint density at radius 1 is 0.788 bits per heavy atom. The lowest BCUT2D eigenvalue weighted by Gasteiger charge is -2.29. The molecule has 8 heteroatoms. The molecule has 0 atom stereocenters. The van der Waals surface area contributed by atoms with Gasteiger partial charge in [-0.3, -0.25) is 9.59 Å². The van der Waals surface area contributed by atoms with E-state index in [2.05, 4.69) is 0 Å². The molecule has 3 aromatic carbocycles. The molecular weight excluding hydrogens is 435 g/mol. The van der Waals surface area contributed by atoms with Gasteiger partial charge >= 0.3 is 6.18 Å². The maximum Gasteiger partial charge on any atom is 0.416 e. The molecule has 0 spiro atoms. The summed E-state index contributed by atoms with van der Waals surface area (Å²) >= 11 is 0. The van der Waals surface area contributed by atoms with Crippen molar-refractivity contribution in [2.75, 3.05) is 18.1 Å². The van der Waals surface area contributed by atoms with Gasteiger partial charge in [0.2, 0.25) is 0 Å². The number of imide groups is 1. The van der Waals surface area contributed by atoms with Gasteiger partial charge in [-0.2, -0.15) is 13.2 Å². The number of benzene rings is 3. The summed E-state index contributed by atoms with van der Waals surface area (Å²) in [6.45, 7) is 0.833. The number of ether oxygens (including phenoxy) is 2. The fourth-order valence-corrected chi connectivity index (χ4v) is 3.86. The van der Waals surface area contributed by atoms with Crippen molar-refractivity contribution in [1.82, 2.24) is 0 Å². The van der Waals surface area contributed by atoms with Crippen molar-refractivity contribution >= 4 is 29.2 Å². The minimum Gasteiger partial charge on any atom is -0.486 e. The lowest BCUT2D eigenvalue weighted by atomic mass is 9.91. The van der Waals surface area contributed by atoms with E-state index in [4.69, 9.17) is 9.47 Å². The predicted molar refractivity (Wildman–Crippen MR) is 115 cm³/mol. The van der Waals surface area contributed by atoms with Crippen LogP contribution in [0.3, 0.4) is 0 Å². The molecule has 0 aliphatic carbocycles. The van der Waals surface area contributed by atoms with Crippen LogP contribution < -0.4 is 14.4 Å². The van der Waals surface area contributed by atoms with Gasteiger partial charge in [0.15, 0.2) is 11.5 Å². The number of rotatable bonds is 2. The summed E-state index contributed by atoms with van der Waals surface area (Å²) in [5.74, 6) is -0.292. The molecule has 2 amide bonds. The van der Waals surface area contributed by atoms with Gasteiger partial charge < -0.3 is 9.47 Å². The second-order valence-corrected chi connectivity index (χ2v) is 7.50. The van der Waals surface area contributed by atoms with Crippen molar-refractivity contribution in [1.29, 1.82) is 0 Å². The van der Waals surface area contributed by atoms with Crippen LogP contribution in [0.4, 0.5) is 18.9 Å². The maximum atomic E-state index is 13.5. The number of nitrogens with zero attached hydrogens (tertiary/aromatic N) is 1.